The molecule has 5 heteroatoms. The Balaban J connectivity index is 2.17. The van der Waals surface area contributed by atoms with E-state index in [-0.39, 0.29) is 10.7 Å². The van der Waals surface area contributed by atoms with Gasteiger partial charge in [-0.15, -0.1) is 0 Å². The summed E-state index contributed by atoms with van der Waals surface area (Å²) >= 11 is 5.66. The number of amides is 1. The molecule has 0 saturated heterocycles. The van der Waals surface area contributed by atoms with Gasteiger partial charge >= 0.3 is 0 Å². The van der Waals surface area contributed by atoms with Gasteiger partial charge in [0, 0.05) is 10.6 Å². The predicted octanol–water partition coefficient (Wildman–Crippen LogP) is 4.13. The van der Waals surface area contributed by atoms with Gasteiger partial charge in [-0.3, -0.25) is 4.79 Å². The molecule has 0 radical (unpaired) electrons. The summed E-state index contributed by atoms with van der Waals surface area (Å²) in [4.78, 5) is 12.0. The maximum atomic E-state index is 13.6. The molecule has 0 aliphatic heterocycles. The second-order valence-corrected chi connectivity index (χ2v) is 4.48. The van der Waals surface area contributed by atoms with Crippen molar-refractivity contribution >= 4 is 23.2 Å². The molecule has 1 amide bonds. The van der Waals surface area contributed by atoms with Crippen LogP contribution in [0.4, 0.5) is 10.1 Å². The van der Waals surface area contributed by atoms with Crippen molar-refractivity contribution in [2.75, 3.05) is 11.9 Å². The standard InChI is InChI=1S/C15H13ClFNO2/c1-2-20-12-5-3-4-10(8-12)15(19)18-14-7-6-11(16)9-13(14)17/h3-9H,2H2,1H3,(H,18,19). The molecule has 0 bridgehead atoms. The second-order valence-electron chi connectivity index (χ2n) is 4.04. The normalized spacial score (nSPS) is 10.2. The summed E-state index contributed by atoms with van der Waals surface area (Å²) < 4.78 is 18.9. The Hall–Kier alpha value is -2.07. The maximum Gasteiger partial charge on any atom is 0.255 e. The molecule has 0 aliphatic rings. The number of anilines is 1. The first-order valence-corrected chi connectivity index (χ1v) is 6.47. The van der Waals surface area contributed by atoms with Crippen LogP contribution in [0.5, 0.6) is 5.75 Å². The van der Waals surface area contributed by atoms with E-state index in [1.54, 1.807) is 24.3 Å². The Morgan fingerprint density at radius 2 is 2.10 bits per heavy atom. The molecule has 0 aromatic heterocycles. The Labute approximate surface area is 121 Å². The number of hydrogen-bond donors (Lipinski definition) is 1. The van der Waals surface area contributed by atoms with Gasteiger partial charge in [-0.1, -0.05) is 17.7 Å². The highest BCUT2D eigenvalue weighted by Gasteiger charge is 2.10. The van der Waals surface area contributed by atoms with Crippen LogP contribution in [0.1, 0.15) is 17.3 Å². The van der Waals surface area contributed by atoms with Crippen molar-refractivity contribution in [1.82, 2.24) is 0 Å². The Bertz CT molecular complexity index is 631. The monoisotopic (exact) mass is 293 g/mol. The molecule has 0 aliphatic carbocycles. The summed E-state index contributed by atoms with van der Waals surface area (Å²) in [6.45, 7) is 2.37. The van der Waals surface area contributed by atoms with Gasteiger partial charge in [-0.05, 0) is 43.3 Å². The third kappa shape index (κ3) is 3.48. The van der Waals surface area contributed by atoms with E-state index in [1.165, 1.54) is 12.1 Å². The van der Waals surface area contributed by atoms with Crippen molar-refractivity contribution in [1.29, 1.82) is 0 Å². The quantitative estimate of drug-likeness (QED) is 0.920. The summed E-state index contributed by atoms with van der Waals surface area (Å²) in [6, 6.07) is 10.8. The zero-order chi connectivity index (χ0) is 14.5. The lowest BCUT2D eigenvalue weighted by Crippen LogP contribution is -2.13. The van der Waals surface area contributed by atoms with Crippen molar-refractivity contribution in [3.05, 3.63) is 58.9 Å². The van der Waals surface area contributed by atoms with Crippen molar-refractivity contribution < 1.29 is 13.9 Å². The van der Waals surface area contributed by atoms with E-state index in [0.717, 1.165) is 6.07 Å². The minimum atomic E-state index is -0.577. The molecule has 2 aromatic carbocycles. The predicted molar refractivity (Wildman–Crippen MR) is 77.0 cm³/mol. The number of carbonyl (C=O) groups is 1. The molecule has 0 fully saturated rings. The van der Waals surface area contributed by atoms with Crippen LogP contribution >= 0.6 is 11.6 Å². The van der Waals surface area contributed by atoms with E-state index in [0.29, 0.717) is 17.9 Å². The number of ether oxygens (including phenoxy) is 1. The Morgan fingerprint density at radius 1 is 1.30 bits per heavy atom. The number of benzene rings is 2. The fourth-order valence-corrected chi connectivity index (χ4v) is 1.84. The van der Waals surface area contributed by atoms with Crippen LogP contribution in [0.25, 0.3) is 0 Å². The molecule has 0 unspecified atom stereocenters. The van der Waals surface area contributed by atoms with E-state index in [4.69, 9.17) is 16.3 Å². The highest BCUT2D eigenvalue weighted by molar-refractivity contribution is 6.30. The first-order chi connectivity index (χ1) is 9.60. The SMILES string of the molecule is CCOc1cccc(C(=O)Nc2ccc(Cl)cc2F)c1. The van der Waals surface area contributed by atoms with Crippen LogP contribution in [-0.4, -0.2) is 12.5 Å². The zero-order valence-corrected chi connectivity index (χ0v) is 11.6. The molecular formula is C15H13ClFNO2. The summed E-state index contributed by atoms with van der Waals surface area (Å²) in [5.41, 5.74) is 0.478. The lowest BCUT2D eigenvalue weighted by molar-refractivity contribution is 0.102. The molecule has 3 nitrogen and oxygen atoms in total. The minimum absolute atomic E-state index is 0.0845. The number of halogens is 2. The van der Waals surface area contributed by atoms with Crippen LogP contribution in [0, 0.1) is 5.82 Å². The molecule has 1 N–H and O–H groups in total. The first kappa shape index (κ1) is 14.3. The van der Waals surface area contributed by atoms with E-state index in [1.807, 2.05) is 6.92 Å². The van der Waals surface area contributed by atoms with Gasteiger partial charge in [0.25, 0.3) is 5.91 Å². The zero-order valence-electron chi connectivity index (χ0n) is 10.8. The number of rotatable bonds is 4. The highest BCUT2D eigenvalue weighted by atomic mass is 35.5. The molecule has 104 valence electrons. The summed E-state index contributed by atoms with van der Waals surface area (Å²) in [5.74, 6) is -0.392. The maximum absolute atomic E-state index is 13.6. The van der Waals surface area contributed by atoms with Crippen molar-refractivity contribution in [2.24, 2.45) is 0 Å². The van der Waals surface area contributed by atoms with E-state index in [9.17, 15) is 9.18 Å². The van der Waals surface area contributed by atoms with Crippen LogP contribution in [0.15, 0.2) is 42.5 Å². The average Bonchev–Trinajstić information content (AvgIpc) is 2.42. The molecule has 0 atom stereocenters. The minimum Gasteiger partial charge on any atom is -0.494 e. The van der Waals surface area contributed by atoms with Gasteiger partial charge in [-0.25, -0.2) is 4.39 Å². The third-order valence-corrected chi connectivity index (χ3v) is 2.82. The molecular weight excluding hydrogens is 281 g/mol. The summed E-state index contributed by atoms with van der Waals surface area (Å²) in [7, 11) is 0. The van der Waals surface area contributed by atoms with Gasteiger partial charge in [0.15, 0.2) is 0 Å². The van der Waals surface area contributed by atoms with Gasteiger partial charge in [0.2, 0.25) is 0 Å². The number of hydrogen-bond acceptors (Lipinski definition) is 2. The average molecular weight is 294 g/mol. The molecule has 0 spiro atoms. The van der Waals surface area contributed by atoms with Crippen molar-refractivity contribution in [3.63, 3.8) is 0 Å². The van der Waals surface area contributed by atoms with Gasteiger partial charge < -0.3 is 10.1 Å². The molecule has 20 heavy (non-hydrogen) atoms. The molecule has 0 heterocycles. The van der Waals surface area contributed by atoms with Crippen molar-refractivity contribution in [3.8, 4) is 5.75 Å². The smallest absolute Gasteiger partial charge is 0.255 e. The van der Waals surface area contributed by atoms with E-state index in [2.05, 4.69) is 5.32 Å². The van der Waals surface area contributed by atoms with Gasteiger partial charge in [-0.2, -0.15) is 0 Å². The number of carbonyl (C=O) groups excluding carboxylic acids is 1. The fraction of sp³-hybridized carbons (Fsp3) is 0.133. The summed E-state index contributed by atoms with van der Waals surface area (Å²) in [6.07, 6.45) is 0. The second kappa shape index (κ2) is 6.39. The Morgan fingerprint density at radius 3 is 2.80 bits per heavy atom. The summed E-state index contributed by atoms with van der Waals surface area (Å²) in [5, 5.41) is 2.77. The molecule has 2 aromatic rings. The topological polar surface area (TPSA) is 38.3 Å². The highest BCUT2D eigenvalue weighted by Crippen LogP contribution is 2.20. The van der Waals surface area contributed by atoms with Crippen LogP contribution in [0.2, 0.25) is 5.02 Å². The third-order valence-electron chi connectivity index (χ3n) is 2.59. The van der Waals surface area contributed by atoms with Crippen LogP contribution in [-0.2, 0) is 0 Å². The van der Waals surface area contributed by atoms with E-state index >= 15 is 0 Å². The molecule has 0 saturated carbocycles. The Kier molecular flexibility index (Phi) is 4.58. The van der Waals surface area contributed by atoms with Gasteiger partial charge in [0.05, 0.1) is 12.3 Å². The number of nitrogens with one attached hydrogen (secondary N) is 1. The molecule has 2 rings (SSSR count). The largest absolute Gasteiger partial charge is 0.494 e. The fourth-order valence-electron chi connectivity index (χ4n) is 1.68. The lowest BCUT2D eigenvalue weighted by Gasteiger charge is -2.08. The van der Waals surface area contributed by atoms with E-state index < -0.39 is 11.7 Å². The van der Waals surface area contributed by atoms with Crippen LogP contribution < -0.4 is 10.1 Å². The lowest BCUT2D eigenvalue weighted by atomic mass is 10.2. The van der Waals surface area contributed by atoms with Crippen molar-refractivity contribution in [2.45, 2.75) is 6.92 Å². The first-order valence-electron chi connectivity index (χ1n) is 6.09. The van der Waals surface area contributed by atoms with Crippen LogP contribution in [0.3, 0.4) is 0 Å². The van der Waals surface area contributed by atoms with Gasteiger partial charge in [0.1, 0.15) is 11.6 Å².